The van der Waals surface area contributed by atoms with Crippen LogP contribution in [-0.2, 0) is 10.0 Å². The fourth-order valence-electron chi connectivity index (χ4n) is 0.744. The molecule has 0 saturated heterocycles. The quantitative estimate of drug-likeness (QED) is 0.562. The highest BCUT2D eigenvalue weighted by molar-refractivity contribution is 7.89. The lowest BCUT2D eigenvalue weighted by atomic mass is 10.4. The summed E-state index contributed by atoms with van der Waals surface area (Å²) in [5.41, 5.74) is -0.250. The summed E-state index contributed by atoms with van der Waals surface area (Å²) in [5.74, 6) is 0. The molecule has 0 spiro atoms. The van der Waals surface area contributed by atoms with Crippen molar-refractivity contribution in [3.05, 3.63) is 28.4 Å². The van der Waals surface area contributed by atoms with E-state index < -0.39 is 14.9 Å². The molecule has 1 heterocycles. The van der Waals surface area contributed by atoms with Crippen molar-refractivity contribution in [1.82, 2.24) is 9.71 Å². The molecule has 76 valence electrons. The van der Waals surface area contributed by atoms with Gasteiger partial charge < -0.3 is 0 Å². The fourth-order valence-corrected chi connectivity index (χ4v) is 1.39. The van der Waals surface area contributed by atoms with E-state index in [1.54, 1.807) is 0 Å². The van der Waals surface area contributed by atoms with Gasteiger partial charge in [0.05, 0.1) is 4.92 Å². The number of nitrogens with one attached hydrogen (secondary N) is 1. The van der Waals surface area contributed by atoms with Crippen molar-refractivity contribution < 1.29 is 13.3 Å². The van der Waals surface area contributed by atoms with E-state index in [1.165, 1.54) is 7.05 Å². The second-order valence-electron chi connectivity index (χ2n) is 2.32. The third-order valence-electron chi connectivity index (χ3n) is 1.48. The first-order valence-corrected chi connectivity index (χ1v) is 4.99. The summed E-state index contributed by atoms with van der Waals surface area (Å²) in [6.07, 6.45) is 0.893. The Labute approximate surface area is 80.0 Å². The van der Waals surface area contributed by atoms with Gasteiger partial charge in [0.15, 0.2) is 5.03 Å². The minimum atomic E-state index is -3.62. The normalized spacial score (nSPS) is 11.2. The highest BCUT2D eigenvalue weighted by Crippen LogP contribution is 2.11. The van der Waals surface area contributed by atoms with Gasteiger partial charge in [-0.2, -0.15) is 0 Å². The lowest BCUT2D eigenvalue weighted by Gasteiger charge is -1.99. The highest BCUT2D eigenvalue weighted by Gasteiger charge is 2.14. The second-order valence-corrected chi connectivity index (χ2v) is 4.15. The predicted molar refractivity (Wildman–Crippen MR) is 47.1 cm³/mol. The average molecular weight is 217 g/mol. The van der Waals surface area contributed by atoms with Gasteiger partial charge in [0.25, 0.3) is 15.7 Å². The lowest BCUT2D eigenvalue weighted by molar-refractivity contribution is -0.385. The molecule has 1 aromatic rings. The van der Waals surface area contributed by atoms with E-state index in [0.717, 1.165) is 18.3 Å². The Balaban J connectivity index is 3.12. The third-order valence-corrected chi connectivity index (χ3v) is 2.81. The van der Waals surface area contributed by atoms with E-state index in [9.17, 15) is 18.5 Å². The fraction of sp³-hybridized carbons (Fsp3) is 0.167. The number of pyridine rings is 1. The van der Waals surface area contributed by atoms with Crippen LogP contribution in [0.4, 0.5) is 5.69 Å². The number of aromatic nitrogens is 1. The van der Waals surface area contributed by atoms with Gasteiger partial charge in [-0.1, -0.05) is 0 Å². The molecule has 8 heteroatoms. The summed E-state index contributed by atoms with van der Waals surface area (Å²) >= 11 is 0. The molecule has 0 aliphatic carbocycles. The van der Waals surface area contributed by atoms with E-state index in [-0.39, 0.29) is 10.7 Å². The molecule has 0 amide bonds. The van der Waals surface area contributed by atoms with Crippen LogP contribution in [0.1, 0.15) is 0 Å². The van der Waals surface area contributed by atoms with E-state index >= 15 is 0 Å². The van der Waals surface area contributed by atoms with Gasteiger partial charge in [-0.3, -0.25) is 10.1 Å². The van der Waals surface area contributed by atoms with E-state index in [0.29, 0.717) is 0 Å². The van der Waals surface area contributed by atoms with Crippen molar-refractivity contribution in [2.24, 2.45) is 0 Å². The molecule has 7 nitrogen and oxygen atoms in total. The number of nitro groups is 1. The van der Waals surface area contributed by atoms with Gasteiger partial charge in [0.1, 0.15) is 6.20 Å². The minimum Gasteiger partial charge on any atom is -0.258 e. The van der Waals surface area contributed by atoms with Crippen molar-refractivity contribution in [3.63, 3.8) is 0 Å². The maximum atomic E-state index is 11.1. The molecule has 0 radical (unpaired) electrons. The standard InChI is InChI=1S/C6H7N3O4S/c1-7-14(12,13)6-3-2-5(4-8-6)9(10)11/h2-4,7H,1H3. The summed E-state index contributed by atoms with van der Waals surface area (Å²) in [7, 11) is -2.39. The highest BCUT2D eigenvalue weighted by atomic mass is 32.2. The smallest absolute Gasteiger partial charge is 0.258 e. The van der Waals surface area contributed by atoms with Gasteiger partial charge in [-0.25, -0.2) is 18.1 Å². The Kier molecular flexibility index (Phi) is 2.77. The number of hydrogen-bond acceptors (Lipinski definition) is 5. The van der Waals surface area contributed by atoms with Crippen molar-refractivity contribution in [2.75, 3.05) is 7.05 Å². The second kappa shape index (κ2) is 3.68. The van der Waals surface area contributed by atoms with Crippen LogP contribution in [0.25, 0.3) is 0 Å². The Bertz CT molecular complexity index is 439. The van der Waals surface area contributed by atoms with E-state index in [4.69, 9.17) is 0 Å². The molecule has 0 fully saturated rings. The topological polar surface area (TPSA) is 102 Å². The van der Waals surface area contributed by atoms with Gasteiger partial charge in [-0.05, 0) is 13.1 Å². The molecule has 0 unspecified atom stereocenters. The molecule has 0 aliphatic heterocycles. The Hall–Kier alpha value is -1.54. The molecule has 0 aliphatic rings. The zero-order valence-electron chi connectivity index (χ0n) is 7.17. The zero-order valence-corrected chi connectivity index (χ0v) is 7.98. The third kappa shape index (κ3) is 2.03. The van der Waals surface area contributed by atoms with Crippen LogP contribution in [-0.4, -0.2) is 25.4 Å². The zero-order chi connectivity index (χ0) is 10.8. The lowest BCUT2D eigenvalue weighted by Crippen LogP contribution is -2.19. The van der Waals surface area contributed by atoms with Crippen molar-refractivity contribution in [2.45, 2.75) is 5.03 Å². The van der Waals surface area contributed by atoms with Gasteiger partial charge in [0, 0.05) is 6.07 Å². The van der Waals surface area contributed by atoms with Crippen LogP contribution in [0.3, 0.4) is 0 Å². The van der Waals surface area contributed by atoms with Crippen LogP contribution in [0.15, 0.2) is 23.4 Å². The molecule has 0 atom stereocenters. The number of sulfonamides is 1. The summed E-state index contributed by atoms with van der Waals surface area (Å²) < 4.78 is 24.3. The molecule has 0 aromatic carbocycles. The first-order valence-electron chi connectivity index (χ1n) is 3.51. The monoisotopic (exact) mass is 217 g/mol. The molecule has 0 bridgehead atoms. The minimum absolute atomic E-state index is 0.245. The van der Waals surface area contributed by atoms with E-state index in [1.807, 2.05) is 4.72 Å². The summed E-state index contributed by atoms with van der Waals surface area (Å²) in [6.45, 7) is 0. The molecular formula is C6H7N3O4S. The summed E-state index contributed by atoms with van der Waals surface area (Å²) in [6, 6.07) is 2.15. The van der Waals surface area contributed by atoms with Crippen LogP contribution >= 0.6 is 0 Å². The number of rotatable bonds is 3. The largest absolute Gasteiger partial charge is 0.287 e. The summed E-state index contributed by atoms with van der Waals surface area (Å²) in [4.78, 5) is 13.0. The number of nitrogens with zero attached hydrogens (tertiary/aromatic N) is 2. The van der Waals surface area contributed by atoms with Gasteiger partial charge in [0.2, 0.25) is 0 Å². The van der Waals surface area contributed by atoms with E-state index in [2.05, 4.69) is 4.98 Å². The maximum Gasteiger partial charge on any atom is 0.287 e. The van der Waals surface area contributed by atoms with Crippen molar-refractivity contribution in [1.29, 1.82) is 0 Å². The van der Waals surface area contributed by atoms with Crippen LogP contribution in [0, 0.1) is 10.1 Å². The number of hydrogen-bond donors (Lipinski definition) is 1. The molecular weight excluding hydrogens is 210 g/mol. The van der Waals surface area contributed by atoms with Crippen LogP contribution < -0.4 is 4.72 Å². The Morgan fingerprint density at radius 1 is 1.50 bits per heavy atom. The molecule has 0 saturated carbocycles. The van der Waals surface area contributed by atoms with Crippen LogP contribution in [0.5, 0.6) is 0 Å². The van der Waals surface area contributed by atoms with Gasteiger partial charge >= 0.3 is 0 Å². The average Bonchev–Trinajstić information content (AvgIpc) is 2.18. The Morgan fingerprint density at radius 2 is 2.14 bits per heavy atom. The first-order chi connectivity index (χ1) is 6.47. The summed E-state index contributed by atoms with van der Waals surface area (Å²) in [5, 5.41) is 9.99. The molecule has 1 rings (SSSR count). The SMILES string of the molecule is CNS(=O)(=O)c1ccc([N+](=O)[O-])cn1. The molecule has 1 aromatic heterocycles. The van der Waals surface area contributed by atoms with Gasteiger partial charge in [-0.15, -0.1) is 0 Å². The Morgan fingerprint density at radius 3 is 2.50 bits per heavy atom. The maximum absolute atomic E-state index is 11.1. The van der Waals surface area contributed by atoms with Crippen molar-refractivity contribution in [3.8, 4) is 0 Å². The first kappa shape index (κ1) is 10.5. The van der Waals surface area contributed by atoms with Crippen LogP contribution in [0.2, 0.25) is 0 Å². The predicted octanol–water partition coefficient (Wildman–Crippen LogP) is -0.102. The molecule has 1 N–H and O–H groups in total. The van der Waals surface area contributed by atoms with Crippen molar-refractivity contribution >= 4 is 15.7 Å². The molecule has 14 heavy (non-hydrogen) atoms.